The molecule has 0 radical (unpaired) electrons. The third kappa shape index (κ3) is 6.87. The Hall–Kier alpha value is -10.1. The second kappa shape index (κ2) is 17.8. The summed E-state index contributed by atoms with van der Waals surface area (Å²) < 4.78 is 16.0. The van der Waals surface area contributed by atoms with E-state index in [2.05, 4.69) is 273 Å². The highest BCUT2D eigenvalue weighted by Crippen LogP contribution is 2.46. The number of furan rings is 1. The lowest BCUT2D eigenvalue weighted by atomic mass is 9.96. The highest BCUT2D eigenvalue weighted by atomic mass is 16.3. The van der Waals surface area contributed by atoms with Crippen LogP contribution in [0.3, 0.4) is 0 Å². The van der Waals surface area contributed by atoms with E-state index >= 15 is 0 Å². The minimum absolute atomic E-state index is 0.897. The Labute approximate surface area is 444 Å². The Morgan fingerprint density at radius 3 is 1.01 bits per heavy atom. The first-order chi connectivity index (χ1) is 38.2. The van der Waals surface area contributed by atoms with Crippen LogP contribution in [0.1, 0.15) is 13.8 Å². The van der Waals surface area contributed by atoms with Crippen LogP contribution in [-0.4, -0.2) is 18.3 Å². The van der Waals surface area contributed by atoms with Gasteiger partial charge < -0.3 is 4.42 Å². The zero-order valence-corrected chi connectivity index (χ0v) is 42.6. The number of hydrogen-bond acceptors (Lipinski definition) is 1. The number of fused-ring (bicyclic) bond motifs is 13. The SMILES string of the molecule is CC.c1ccc(-n2c3ccccc3c3c4cc(-c5cccc(-c6ccc7c(c6)c6c8cc(-c9ccc%10oc%11ccccc%11c%10c9)ccc8n(-c8ccccc8)c6n7-c6ccccc6)c5)ccc4n(-c4ccccc4)c32)cc1. The van der Waals surface area contributed by atoms with E-state index in [1.54, 1.807) is 0 Å². The van der Waals surface area contributed by atoms with Gasteiger partial charge in [-0.15, -0.1) is 0 Å². The third-order valence-corrected chi connectivity index (χ3v) is 15.5. The van der Waals surface area contributed by atoms with Crippen molar-refractivity contribution >= 4 is 87.6 Å². The van der Waals surface area contributed by atoms with Gasteiger partial charge in [-0.05, 0) is 149 Å². The molecule has 5 aromatic heterocycles. The molecule has 0 amide bonds. The fraction of sp³-hybridized carbons (Fsp3) is 0.0278. The van der Waals surface area contributed by atoms with E-state index in [9.17, 15) is 0 Å². The van der Waals surface area contributed by atoms with Gasteiger partial charge >= 0.3 is 0 Å². The monoisotopic (exact) mass is 986 g/mol. The first-order valence-electron chi connectivity index (χ1n) is 26.7. The standard InChI is InChI=1S/C70H44N4O.C2H6/c1-5-20-51(21-6-1)71-61-30-15-13-29-56(61)67-58-42-47(32-36-62(58)72(69(67)71)52-22-7-2-8-23-52)45-18-17-19-46(40-45)48-33-37-63-59(43-48)68-60-44-49(50-35-39-66-57(41-50)55-28-14-16-31-65(55)75-66)34-38-64(60)74(54-26-11-4-12-27-54)70(68)73(63)53-24-9-3-10-25-53;1-2/h1-44H;1-2H3. The molecular weight excluding hydrogens is 937 g/mol. The molecule has 0 spiro atoms. The van der Waals surface area contributed by atoms with Crippen LogP contribution in [-0.2, 0) is 0 Å². The molecule has 5 heterocycles. The van der Waals surface area contributed by atoms with Crippen molar-refractivity contribution in [2.45, 2.75) is 13.8 Å². The minimum Gasteiger partial charge on any atom is -0.456 e. The summed E-state index contributed by atoms with van der Waals surface area (Å²) in [5.41, 5.74) is 20.2. The highest BCUT2D eigenvalue weighted by Gasteiger charge is 2.25. The molecule has 0 saturated heterocycles. The molecule has 0 aliphatic carbocycles. The second-order valence-corrected chi connectivity index (χ2v) is 19.7. The summed E-state index contributed by atoms with van der Waals surface area (Å²) in [4.78, 5) is 0. The Balaban J connectivity index is 0.00000256. The molecular formula is C72H50N4O. The van der Waals surface area contributed by atoms with Crippen LogP contribution >= 0.6 is 0 Å². The molecule has 0 N–H and O–H groups in total. The first kappa shape index (κ1) is 44.4. The summed E-state index contributed by atoms with van der Waals surface area (Å²) in [7, 11) is 0. The Bertz CT molecular complexity index is 4920. The van der Waals surface area contributed by atoms with Gasteiger partial charge in [0.1, 0.15) is 22.5 Å². The fourth-order valence-electron chi connectivity index (χ4n) is 12.2. The lowest BCUT2D eigenvalue weighted by Gasteiger charge is -2.13. The lowest BCUT2D eigenvalue weighted by molar-refractivity contribution is 0.669. The quantitative estimate of drug-likeness (QED) is 0.157. The maximum atomic E-state index is 6.27. The number of nitrogens with zero attached hydrogens (tertiary/aromatic N) is 4. The summed E-state index contributed by atoms with van der Waals surface area (Å²) in [6, 6.07) is 97.0. The molecule has 77 heavy (non-hydrogen) atoms. The van der Waals surface area contributed by atoms with E-state index in [0.717, 1.165) is 89.3 Å². The summed E-state index contributed by atoms with van der Waals surface area (Å²) in [5, 5.41) is 9.57. The minimum atomic E-state index is 0.897. The van der Waals surface area contributed by atoms with Crippen molar-refractivity contribution in [3.8, 4) is 56.1 Å². The van der Waals surface area contributed by atoms with Crippen LogP contribution in [0, 0.1) is 0 Å². The molecule has 0 aliphatic rings. The van der Waals surface area contributed by atoms with Gasteiger partial charge in [0.05, 0.1) is 22.1 Å². The zero-order valence-electron chi connectivity index (χ0n) is 42.6. The van der Waals surface area contributed by atoms with Crippen molar-refractivity contribution < 1.29 is 4.42 Å². The van der Waals surface area contributed by atoms with E-state index < -0.39 is 0 Å². The molecule has 5 heteroatoms. The average molecular weight is 987 g/mol. The number of benzene rings is 11. The van der Waals surface area contributed by atoms with Gasteiger partial charge in [0.25, 0.3) is 0 Å². The van der Waals surface area contributed by atoms with Crippen molar-refractivity contribution in [3.05, 3.63) is 267 Å². The average Bonchev–Trinajstić information content (AvgIpc) is 4.48. The van der Waals surface area contributed by atoms with Crippen molar-refractivity contribution in [1.82, 2.24) is 18.3 Å². The summed E-state index contributed by atoms with van der Waals surface area (Å²) in [6.45, 7) is 4.00. The van der Waals surface area contributed by atoms with Gasteiger partial charge in [-0.25, -0.2) is 0 Å². The van der Waals surface area contributed by atoms with Crippen LogP contribution in [0.2, 0.25) is 0 Å². The van der Waals surface area contributed by atoms with Crippen molar-refractivity contribution in [3.63, 3.8) is 0 Å². The molecule has 0 unspecified atom stereocenters. The topological polar surface area (TPSA) is 32.9 Å². The molecule has 11 aromatic carbocycles. The fourth-order valence-corrected chi connectivity index (χ4v) is 12.2. The van der Waals surface area contributed by atoms with Crippen LogP contribution in [0.4, 0.5) is 0 Å². The maximum Gasteiger partial charge on any atom is 0.135 e. The van der Waals surface area contributed by atoms with Crippen molar-refractivity contribution in [1.29, 1.82) is 0 Å². The Morgan fingerprint density at radius 1 is 0.234 bits per heavy atom. The number of para-hydroxylation sites is 6. The van der Waals surface area contributed by atoms with Crippen LogP contribution in [0.15, 0.2) is 271 Å². The lowest BCUT2D eigenvalue weighted by Crippen LogP contribution is -2.01. The molecule has 0 aliphatic heterocycles. The summed E-state index contributed by atoms with van der Waals surface area (Å²) >= 11 is 0. The highest BCUT2D eigenvalue weighted by molar-refractivity contribution is 6.25. The summed E-state index contributed by atoms with van der Waals surface area (Å²) in [6.07, 6.45) is 0. The van der Waals surface area contributed by atoms with Crippen molar-refractivity contribution in [2.24, 2.45) is 0 Å². The Morgan fingerprint density at radius 2 is 0.558 bits per heavy atom. The van der Waals surface area contributed by atoms with E-state index in [4.69, 9.17) is 4.42 Å². The van der Waals surface area contributed by atoms with Gasteiger partial charge in [-0.3, -0.25) is 18.3 Å². The first-order valence-corrected chi connectivity index (χ1v) is 26.7. The van der Waals surface area contributed by atoms with Gasteiger partial charge in [0.2, 0.25) is 0 Å². The predicted molar refractivity (Wildman–Crippen MR) is 324 cm³/mol. The van der Waals surface area contributed by atoms with Crippen molar-refractivity contribution in [2.75, 3.05) is 0 Å². The molecule has 0 bridgehead atoms. The second-order valence-electron chi connectivity index (χ2n) is 19.7. The molecule has 364 valence electrons. The van der Waals surface area contributed by atoms with E-state index in [1.165, 1.54) is 54.5 Å². The Kier molecular flexibility index (Phi) is 10.3. The van der Waals surface area contributed by atoms with E-state index in [0.29, 0.717) is 0 Å². The van der Waals surface area contributed by atoms with Crippen LogP contribution in [0.25, 0.3) is 144 Å². The molecule has 16 aromatic rings. The van der Waals surface area contributed by atoms with Gasteiger partial charge in [-0.1, -0.05) is 166 Å². The van der Waals surface area contributed by atoms with Crippen LogP contribution < -0.4 is 0 Å². The zero-order chi connectivity index (χ0) is 51.1. The largest absolute Gasteiger partial charge is 0.456 e. The van der Waals surface area contributed by atoms with Gasteiger partial charge in [-0.2, -0.15) is 0 Å². The molecule has 5 nitrogen and oxygen atoms in total. The molecule has 16 rings (SSSR count). The molecule has 0 saturated carbocycles. The molecule has 0 fully saturated rings. The number of rotatable bonds is 7. The third-order valence-electron chi connectivity index (χ3n) is 15.5. The van der Waals surface area contributed by atoms with Gasteiger partial charge in [0, 0.05) is 65.8 Å². The van der Waals surface area contributed by atoms with E-state index in [-0.39, 0.29) is 0 Å². The normalized spacial score (nSPS) is 11.8. The predicted octanol–water partition coefficient (Wildman–Crippen LogP) is 19.7. The smallest absolute Gasteiger partial charge is 0.135 e. The molecule has 0 atom stereocenters. The summed E-state index contributed by atoms with van der Waals surface area (Å²) in [5.74, 6) is 0. The van der Waals surface area contributed by atoms with E-state index in [1.807, 2.05) is 26.0 Å². The number of aromatic nitrogens is 4. The maximum absolute atomic E-state index is 6.27. The number of hydrogen-bond donors (Lipinski definition) is 0. The van der Waals surface area contributed by atoms with Gasteiger partial charge in [0.15, 0.2) is 0 Å². The van der Waals surface area contributed by atoms with Crippen LogP contribution in [0.5, 0.6) is 0 Å².